The van der Waals surface area contributed by atoms with Crippen molar-refractivity contribution in [3.05, 3.63) is 65.9 Å². The predicted octanol–water partition coefficient (Wildman–Crippen LogP) is 5.15. The van der Waals surface area contributed by atoms with Gasteiger partial charge in [0.2, 0.25) is 0 Å². The summed E-state index contributed by atoms with van der Waals surface area (Å²) in [4.78, 5) is 2.38. The van der Waals surface area contributed by atoms with E-state index in [1.165, 1.54) is 5.56 Å². The van der Waals surface area contributed by atoms with Gasteiger partial charge in [-0.3, -0.25) is 0 Å². The molecule has 2 aliphatic heterocycles. The molecule has 208 valence electrons. The number of rotatable bonds is 11. The average Bonchev–Trinajstić information content (AvgIpc) is 2.92. The van der Waals surface area contributed by atoms with Gasteiger partial charge < -0.3 is 33.9 Å². The summed E-state index contributed by atoms with van der Waals surface area (Å²) in [5.41, 5.74) is 3.29. The Morgan fingerprint density at radius 1 is 1.08 bits per heavy atom. The van der Waals surface area contributed by atoms with E-state index in [4.69, 9.17) is 23.7 Å². The van der Waals surface area contributed by atoms with E-state index >= 15 is 0 Å². The summed E-state index contributed by atoms with van der Waals surface area (Å²) in [7, 11) is 3.43. The first kappa shape index (κ1) is 28.3. The molecular formula is C31H44N2O5. The molecule has 0 bridgehead atoms. The second-order valence-electron chi connectivity index (χ2n) is 11.1. The Balaban J connectivity index is 1.52. The molecule has 2 heterocycles. The van der Waals surface area contributed by atoms with Gasteiger partial charge in [-0.1, -0.05) is 45.5 Å². The minimum Gasteiger partial charge on any atom is -0.497 e. The Kier molecular flexibility index (Phi) is 9.58. The Hall–Kier alpha value is -2.74. The lowest BCUT2D eigenvalue weighted by Gasteiger charge is -2.40. The molecule has 7 heteroatoms. The Labute approximate surface area is 228 Å². The van der Waals surface area contributed by atoms with Crippen molar-refractivity contribution in [2.24, 2.45) is 5.41 Å². The maximum atomic E-state index is 6.63. The van der Waals surface area contributed by atoms with Gasteiger partial charge in [-0.25, -0.2) is 0 Å². The van der Waals surface area contributed by atoms with Gasteiger partial charge in [0, 0.05) is 44.7 Å². The molecule has 1 fully saturated rings. The zero-order chi connectivity index (χ0) is 27.1. The minimum absolute atomic E-state index is 0.0489. The van der Waals surface area contributed by atoms with Gasteiger partial charge in [0.15, 0.2) is 0 Å². The molecule has 1 saturated heterocycles. The standard InChI is InChI=1S/C31H44N2O5/c1-22(31(2,3)4)38-29-20-32-19-28(30(29)24-9-11-25(35-6)12-10-24)37-21-23-8-13-27-26(18-23)33(15-17-36-27)14-7-16-34-5/h8-13,18,28-30,32H,1,7,14-17,19-21H2,2-6H3/t28-,29+,30?/m0/s1. The zero-order valence-electron chi connectivity index (χ0n) is 23.6. The third kappa shape index (κ3) is 7.01. The van der Waals surface area contributed by atoms with Gasteiger partial charge in [-0.05, 0) is 41.8 Å². The van der Waals surface area contributed by atoms with Crippen molar-refractivity contribution < 1.29 is 23.7 Å². The minimum atomic E-state index is -0.140. The summed E-state index contributed by atoms with van der Waals surface area (Å²) in [5, 5.41) is 3.53. The summed E-state index contributed by atoms with van der Waals surface area (Å²) in [6, 6.07) is 14.6. The SMILES string of the molecule is C=C(O[C@@H]1CNC[C@H](OCc2ccc3c(c2)N(CCCOC)CCO3)C1c1ccc(OC)cc1)C(C)(C)C. The molecule has 0 amide bonds. The van der Waals surface area contributed by atoms with Crippen LogP contribution >= 0.6 is 0 Å². The van der Waals surface area contributed by atoms with Gasteiger partial charge in [0.25, 0.3) is 0 Å². The van der Waals surface area contributed by atoms with Crippen molar-refractivity contribution in [3.63, 3.8) is 0 Å². The van der Waals surface area contributed by atoms with Crippen LogP contribution in [0.2, 0.25) is 0 Å². The van der Waals surface area contributed by atoms with E-state index in [-0.39, 0.29) is 23.5 Å². The molecule has 7 nitrogen and oxygen atoms in total. The molecular weight excluding hydrogens is 480 g/mol. The van der Waals surface area contributed by atoms with Crippen molar-refractivity contribution in [3.8, 4) is 11.5 Å². The highest BCUT2D eigenvalue weighted by atomic mass is 16.5. The van der Waals surface area contributed by atoms with Crippen molar-refractivity contribution in [1.29, 1.82) is 0 Å². The number of anilines is 1. The van der Waals surface area contributed by atoms with Crippen LogP contribution in [0.15, 0.2) is 54.8 Å². The van der Waals surface area contributed by atoms with Gasteiger partial charge in [0.1, 0.15) is 24.2 Å². The molecule has 0 radical (unpaired) electrons. The van der Waals surface area contributed by atoms with Crippen LogP contribution < -0.4 is 19.7 Å². The first-order valence-corrected chi connectivity index (χ1v) is 13.6. The second-order valence-corrected chi connectivity index (χ2v) is 11.1. The summed E-state index contributed by atoms with van der Waals surface area (Å²) >= 11 is 0. The first-order chi connectivity index (χ1) is 18.3. The molecule has 4 rings (SSSR count). The van der Waals surface area contributed by atoms with Crippen molar-refractivity contribution in [2.45, 2.75) is 51.9 Å². The van der Waals surface area contributed by atoms with E-state index in [1.807, 2.05) is 12.1 Å². The lowest BCUT2D eigenvalue weighted by atomic mass is 9.84. The summed E-state index contributed by atoms with van der Waals surface area (Å²) < 4.78 is 29.7. The molecule has 0 aliphatic carbocycles. The smallest absolute Gasteiger partial charge is 0.142 e. The van der Waals surface area contributed by atoms with Crippen molar-refractivity contribution in [1.82, 2.24) is 5.32 Å². The Morgan fingerprint density at radius 3 is 2.55 bits per heavy atom. The number of allylic oxidation sites excluding steroid dienone is 1. The third-order valence-corrected chi connectivity index (χ3v) is 7.35. The molecule has 2 aromatic rings. The summed E-state index contributed by atoms with van der Waals surface area (Å²) in [5.74, 6) is 2.60. The topological polar surface area (TPSA) is 61.4 Å². The molecule has 2 aliphatic rings. The van der Waals surface area contributed by atoms with Crippen LogP contribution in [-0.4, -0.2) is 65.8 Å². The fourth-order valence-corrected chi connectivity index (χ4v) is 5.00. The van der Waals surface area contributed by atoms with Crippen molar-refractivity contribution in [2.75, 3.05) is 58.5 Å². The van der Waals surface area contributed by atoms with Crippen LogP contribution in [0.25, 0.3) is 0 Å². The first-order valence-electron chi connectivity index (χ1n) is 13.6. The van der Waals surface area contributed by atoms with Gasteiger partial charge in [-0.15, -0.1) is 0 Å². The number of benzene rings is 2. The van der Waals surface area contributed by atoms with Crippen LogP contribution in [0.1, 0.15) is 44.2 Å². The summed E-state index contributed by atoms with van der Waals surface area (Å²) in [6.07, 6.45) is 0.817. The highest BCUT2D eigenvalue weighted by Gasteiger charge is 2.38. The number of nitrogens with one attached hydrogen (secondary N) is 1. The van der Waals surface area contributed by atoms with Crippen LogP contribution in [0.4, 0.5) is 5.69 Å². The van der Waals surface area contributed by atoms with Gasteiger partial charge in [-0.2, -0.15) is 0 Å². The number of piperidine rings is 1. The maximum absolute atomic E-state index is 6.63. The van der Waals surface area contributed by atoms with E-state index in [0.29, 0.717) is 13.2 Å². The quantitative estimate of drug-likeness (QED) is 0.322. The Morgan fingerprint density at radius 2 is 1.84 bits per heavy atom. The van der Waals surface area contributed by atoms with Crippen LogP contribution in [0, 0.1) is 5.41 Å². The van der Waals surface area contributed by atoms with E-state index in [0.717, 1.165) is 67.7 Å². The van der Waals surface area contributed by atoms with E-state index in [9.17, 15) is 0 Å². The maximum Gasteiger partial charge on any atom is 0.142 e. The number of hydrogen-bond donors (Lipinski definition) is 1. The largest absolute Gasteiger partial charge is 0.497 e. The second kappa shape index (κ2) is 12.9. The monoisotopic (exact) mass is 524 g/mol. The van der Waals surface area contributed by atoms with Gasteiger partial charge in [0.05, 0.1) is 37.8 Å². The predicted molar refractivity (Wildman–Crippen MR) is 151 cm³/mol. The molecule has 0 spiro atoms. The molecule has 2 aromatic carbocycles. The molecule has 1 N–H and O–H groups in total. The van der Waals surface area contributed by atoms with E-state index in [2.05, 4.69) is 67.9 Å². The molecule has 0 saturated carbocycles. The van der Waals surface area contributed by atoms with E-state index in [1.54, 1.807) is 14.2 Å². The van der Waals surface area contributed by atoms with Gasteiger partial charge >= 0.3 is 0 Å². The highest BCUT2D eigenvalue weighted by Crippen LogP contribution is 2.37. The molecule has 1 unspecified atom stereocenters. The number of ether oxygens (including phenoxy) is 5. The normalized spacial score (nSPS) is 21.4. The number of nitrogens with zero attached hydrogens (tertiary/aromatic N) is 1. The average molecular weight is 525 g/mol. The number of methoxy groups -OCH3 is 2. The van der Waals surface area contributed by atoms with Crippen molar-refractivity contribution >= 4 is 5.69 Å². The highest BCUT2D eigenvalue weighted by molar-refractivity contribution is 5.61. The molecule has 0 aromatic heterocycles. The van der Waals surface area contributed by atoms with Crippen LogP contribution in [-0.2, 0) is 20.8 Å². The summed E-state index contributed by atoms with van der Waals surface area (Å²) in [6.45, 7) is 15.9. The fourth-order valence-electron chi connectivity index (χ4n) is 5.00. The lowest BCUT2D eigenvalue weighted by Crippen LogP contribution is -2.50. The Bertz CT molecular complexity index is 1050. The number of hydrogen-bond acceptors (Lipinski definition) is 7. The van der Waals surface area contributed by atoms with Crippen LogP contribution in [0.3, 0.4) is 0 Å². The van der Waals surface area contributed by atoms with E-state index < -0.39 is 0 Å². The lowest BCUT2D eigenvalue weighted by molar-refractivity contribution is -0.0496. The third-order valence-electron chi connectivity index (χ3n) is 7.35. The fraction of sp³-hybridized carbons (Fsp3) is 0.548. The zero-order valence-corrected chi connectivity index (χ0v) is 23.6. The van der Waals surface area contributed by atoms with Crippen LogP contribution in [0.5, 0.6) is 11.5 Å². The number of fused-ring (bicyclic) bond motifs is 1. The molecule has 38 heavy (non-hydrogen) atoms. The molecule has 3 atom stereocenters.